The maximum atomic E-state index is 13.5. The molecule has 1 aliphatic rings. The predicted molar refractivity (Wildman–Crippen MR) is 70.7 cm³/mol. The van der Waals surface area contributed by atoms with E-state index in [1.54, 1.807) is 0 Å². The van der Waals surface area contributed by atoms with Crippen molar-refractivity contribution >= 4 is 11.4 Å². The van der Waals surface area contributed by atoms with E-state index in [1.807, 2.05) is 11.9 Å². The van der Waals surface area contributed by atoms with E-state index in [-0.39, 0.29) is 11.7 Å². The first-order chi connectivity index (χ1) is 9.01. The molecule has 0 bridgehead atoms. The maximum absolute atomic E-state index is 13.5. The fourth-order valence-corrected chi connectivity index (χ4v) is 2.38. The number of anilines is 1. The molecular weight excluding hydrogens is 251 g/mol. The Balaban J connectivity index is 2.32. The normalized spacial score (nSPS) is 20.6. The molecule has 1 unspecified atom stereocenters. The fraction of sp³-hybridized carbons (Fsp3) is 0.500. The Morgan fingerprint density at radius 1 is 1.47 bits per heavy atom. The van der Waals surface area contributed by atoms with Crippen molar-refractivity contribution in [3.63, 3.8) is 0 Å². The molecule has 1 fully saturated rings. The molecule has 1 atom stereocenters. The summed E-state index contributed by atoms with van der Waals surface area (Å²) in [5, 5.41) is 10.8. The first kappa shape index (κ1) is 13.7. The first-order valence-electron chi connectivity index (χ1n) is 6.11. The molecular formula is C12H17FN4O2. The van der Waals surface area contributed by atoms with Gasteiger partial charge in [0.05, 0.1) is 17.0 Å². The minimum Gasteiger partial charge on any atom is -0.364 e. The van der Waals surface area contributed by atoms with Gasteiger partial charge >= 0.3 is 0 Å². The second kappa shape index (κ2) is 5.50. The van der Waals surface area contributed by atoms with Crippen molar-refractivity contribution in [3.8, 4) is 0 Å². The van der Waals surface area contributed by atoms with Crippen LogP contribution in [0.2, 0.25) is 0 Å². The molecule has 1 aromatic carbocycles. The van der Waals surface area contributed by atoms with Gasteiger partial charge in [0.2, 0.25) is 0 Å². The standard InChI is InChI=1S/C12H17FN4O2/c1-15-2-3-16(12(7-14)8-15)10-4-9(13)5-11(6-10)17(18)19/h4-6,12H,2-3,7-8,14H2,1H3. The largest absolute Gasteiger partial charge is 0.364 e. The van der Waals surface area contributed by atoms with Crippen molar-refractivity contribution in [1.82, 2.24) is 4.90 Å². The Labute approximate surface area is 110 Å². The zero-order valence-electron chi connectivity index (χ0n) is 10.8. The van der Waals surface area contributed by atoms with E-state index >= 15 is 0 Å². The lowest BCUT2D eigenvalue weighted by Crippen LogP contribution is -2.55. The van der Waals surface area contributed by atoms with Crippen molar-refractivity contribution in [2.75, 3.05) is 38.1 Å². The number of nitrogens with two attached hydrogens (primary N) is 1. The fourth-order valence-electron chi connectivity index (χ4n) is 2.38. The van der Waals surface area contributed by atoms with Crippen LogP contribution < -0.4 is 10.6 Å². The van der Waals surface area contributed by atoms with E-state index in [4.69, 9.17) is 5.73 Å². The quantitative estimate of drug-likeness (QED) is 0.648. The van der Waals surface area contributed by atoms with Crippen LogP contribution in [0.1, 0.15) is 0 Å². The van der Waals surface area contributed by atoms with E-state index in [1.165, 1.54) is 12.1 Å². The Bertz CT molecular complexity index is 483. The van der Waals surface area contributed by atoms with Gasteiger partial charge in [-0.05, 0) is 13.1 Å². The lowest BCUT2D eigenvalue weighted by atomic mass is 10.1. The Morgan fingerprint density at radius 3 is 2.84 bits per heavy atom. The summed E-state index contributed by atoms with van der Waals surface area (Å²) in [6.45, 7) is 2.69. The van der Waals surface area contributed by atoms with Gasteiger partial charge in [-0.25, -0.2) is 4.39 Å². The van der Waals surface area contributed by atoms with Crippen molar-refractivity contribution in [2.45, 2.75) is 6.04 Å². The van der Waals surface area contributed by atoms with Gasteiger partial charge in [0.25, 0.3) is 5.69 Å². The molecule has 0 aliphatic carbocycles. The lowest BCUT2D eigenvalue weighted by Gasteiger charge is -2.41. The number of nitrogens with zero attached hydrogens (tertiary/aromatic N) is 3. The van der Waals surface area contributed by atoms with Gasteiger partial charge in [-0.2, -0.15) is 0 Å². The molecule has 0 spiro atoms. The van der Waals surface area contributed by atoms with Crippen LogP contribution in [0.5, 0.6) is 0 Å². The smallest absolute Gasteiger partial charge is 0.274 e. The molecule has 19 heavy (non-hydrogen) atoms. The van der Waals surface area contributed by atoms with Gasteiger partial charge in [-0.3, -0.25) is 10.1 Å². The number of halogens is 1. The van der Waals surface area contributed by atoms with Crippen LogP contribution in [-0.2, 0) is 0 Å². The highest BCUT2D eigenvalue weighted by Gasteiger charge is 2.25. The number of piperazine rings is 1. The van der Waals surface area contributed by atoms with Crippen molar-refractivity contribution < 1.29 is 9.31 Å². The molecule has 7 heteroatoms. The van der Waals surface area contributed by atoms with Gasteiger partial charge < -0.3 is 15.5 Å². The summed E-state index contributed by atoms with van der Waals surface area (Å²) in [5.41, 5.74) is 6.02. The number of nitro groups is 1. The third-order valence-corrected chi connectivity index (χ3v) is 3.37. The zero-order chi connectivity index (χ0) is 14.0. The van der Waals surface area contributed by atoms with E-state index in [2.05, 4.69) is 4.90 Å². The van der Waals surface area contributed by atoms with Crippen LogP contribution in [0.15, 0.2) is 18.2 Å². The molecule has 0 radical (unpaired) electrons. The molecule has 1 heterocycles. The van der Waals surface area contributed by atoms with E-state index < -0.39 is 10.7 Å². The van der Waals surface area contributed by atoms with Gasteiger partial charge in [0, 0.05) is 37.9 Å². The van der Waals surface area contributed by atoms with Crippen molar-refractivity contribution in [2.24, 2.45) is 5.73 Å². The summed E-state index contributed by atoms with van der Waals surface area (Å²) in [6.07, 6.45) is 0. The lowest BCUT2D eigenvalue weighted by molar-refractivity contribution is -0.385. The number of nitro benzene ring substituents is 1. The number of non-ortho nitro benzene ring substituents is 1. The molecule has 2 N–H and O–H groups in total. The molecule has 0 amide bonds. The first-order valence-corrected chi connectivity index (χ1v) is 6.11. The van der Waals surface area contributed by atoms with E-state index in [0.717, 1.165) is 19.2 Å². The second-order valence-corrected chi connectivity index (χ2v) is 4.77. The zero-order valence-corrected chi connectivity index (χ0v) is 10.8. The van der Waals surface area contributed by atoms with Crippen molar-refractivity contribution in [1.29, 1.82) is 0 Å². The van der Waals surface area contributed by atoms with Crippen LogP contribution in [0.3, 0.4) is 0 Å². The molecule has 104 valence electrons. The molecule has 0 aromatic heterocycles. The minimum absolute atomic E-state index is 0.0418. The highest BCUT2D eigenvalue weighted by Crippen LogP contribution is 2.26. The number of hydrogen-bond acceptors (Lipinski definition) is 5. The molecule has 6 nitrogen and oxygen atoms in total. The predicted octanol–water partition coefficient (Wildman–Crippen LogP) is 0.813. The summed E-state index contributed by atoms with van der Waals surface area (Å²) in [7, 11) is 1.99. The number of hydrogen-bond donors (Lipinski definition) is 1. The van der Waals surface area contributed by atoms with Crippen LogP contribution in [0, 0.1) is 15.9 Å². The monoisotopic (exact) mass is 268 g/mol. The van der Waals surface area contributed by atoms with Crippen LogP contribution in [0.25, 0.3) is 0 Å². The van der Waals surface area contributed by atoms with E-state index in [0.29, 0.717) is 18.8 Å². The van der Waals surface area contributed by atoms with Crippen LogP contribution in [0.4, 0.5) is 15.8 Å². The average molecular weight is 268 g/mol. The Morgan fingerprint density at radius 2 is 2.21 bits per heavy atom. The van der Waals surface area contributed by atoms with Gasteiger partial charge in [0.1, 0.15) is 5.82 Å². The second-order valence-electron chi connectivity index (χ2n) is 4.77. The molecule has 1 aromatic rings. The van der Waals surface area contributed by atoms with Crippen molar-refractivity contribution in [3.05, 3.63) is 34.1 Å². The minimum atomic E-state index is -0.598. The van der Waals surface area contributed by atoms with Gasteiger partial charge in [0.15, 0.2) is 0 Å². The molecule has 1 aliphatic heterocycles. The molecule has 0 saturated carbocycles. The highest BCUT2D eigenvalue weighted by molar-refractivity contribution is 5.55. The molecule has 1 saturated heterocycles. The summed E-state index contributed by atoms with van der Waals surface area (Å²) in [6, 6.07) is 3.69. The van der Waals surface area contributed by atoms with E-state index in [9.17, 15) is 14.5 Å². The summed E-state index contributed by atoms with van der Waals surface area (Å²) >= 11 is 0. The summed E-state index contributed by atoms with van der Waals surface area (Å²) in [5.74, 6) is -0.598. The highest BCUT2D eigenvalue weighted by atomic mass is 19.1. The maximum Gasteiger partial charge on any atom is 0.274 e. The number of benzene rings is 1. The summed E-state index contributed by atoms with van der Waals surface area (Å²) in [4.78, 5) is 14.3. The third-order valence-electron chi connectivity index (χ3n) is 3.37. The average Bonchev–Trinajstić information content (AvgIpc) is 2.37. The van der Waals surface area contributed by atoms with Gasteiger partial charge in [-0.1, -0.05) is 0 Å². The Kier molecular flexibility index (Phi) is 3.96. The number of likely N-dealkylation sites (N-methyl/N-ethyl adjacent to an activating group) is 1. The van der Waals surface area contributed by atoms with Crippen LogP contribution >= 0.6 is 0 Å². The molecule has 2 rings (SSSR count). The Hall–Kier alpha value is -1.73. The van der Waals surface area contributed by atoms with Gasteiger partial charge in [-0.15, -0.1) is 0 Å². The topological polar surface area (TPSA) is 75.6 Å². The third kappa shape index (κ3) is 2.99. The number of rotatable bonds is 3. The SMILES string of the molecule is CN1CCN(c2cc(F)cc([N+](=O)[O-])c2)C(CN)C1. The van der Waals surface area contributed by atoms with Crippen LogP contribution in [-0.4, -0.2) is 49.1 Å². The summed E-state index contributed by atoms with van der Waals surface area (Å²) < 4.78 is 13.5.